The fraction of sp³-hybridized carbons (Fsp3) is 0. The zero-order valence-corrected chi connectivity index (χ0v) is 10.6. The molecule has 94 valence electrons. The fourth-order valence-corrected chi connectivity index (χ4v) is 2.71. The molecule has 1 aromatic carbocycles. The molecule has 0 bridgehead atoms. The first kappa shape index (κ1) is 11.7. The lowest BCUT2D eigenvalue weighted by atomic mass is 10.0. The van der Waals surface area contributed by atoms with Gasteiger partial charge in [-0.2, -0.15) is 0 Å². The van der Waals surface area contributed by atoms with Crippen LogP contribution in [0, 0.1) is 0 Å². The number of nitrogen functional groups attached to an aromatic ring is 1. The standard InChI is InChI=1S/C14H10N2O2S/c15-12-7-19-13-11(12)5-10(6-16-13)8-2-1-3-9(4-8)14(17)18/h1-7H,15H2,(H,17,18). The molecule has 2 aromatic heterocycles. The number of rotatable bonds is 2. The number of fused-ring (bicyclic) bond motifs is 1. The van der Waals surface area contributed by atoms with Gasteiger partial charge in [0.05, 0.1) is 11.3 Å². The molecular weight excluding hydrogens is 260 g/mol. The smallest absolute Gasteiger partial charge is 0.335 e. The topological polar surface area (TPSA) is 76.2 Å². The van der Waals surface area contributed by atoms with E-state index in [1.165, 1.54) is 11.3 Å². The molecule has 3 N–H and O–H groups in total. The van der Waals surface area contributed by atoms with Crippen molar-refractivity contribution in [3.8, 4) is 11.1 Å². The highest BCUT2D eigenvalue weighted by Crippen LogP contribution is 2.30. The third-order valence-corrected chi connectivity index (χ3v) is 3.82. The highest BCUT2D eigenvalue weighted by atomic mass is 32.1. The number of thiophene rings is 1. The van der Waals surface area contributed by atoms with Crippen LogP contribution < -0.4 is 5.73 Å². The third-order valence-electron chi connectivity index (χ3n) is 2.90. The molecule has 0 spiro atoms. The molecule has 19 heavy (non-hydrogen) atoms. The van der Waals surface area contributed by atoms with E-state index in [1.54, 1.807) is 24.4 Å². The van der Waals surface area contributed by atoms with E-state index in [1.807, 2.05) is 17.5 Å². The van der Waals surface area contributed by atoms with Gasteiger partial charge in [0.1, 0.15) is 4.83 Å². The van der Waals surface area contributed by atoms with Crippen molar-refractivity contribution in [1.82, 2.24) is 4.98 Å². The average Bonchev–Trinajstić information content (AvgIpc) is 2.80. The number of aromatic carboxylic acids is 1. The van der Waals surface area contributed by atoms with Crippen molar-refractivity contribution in [2.75, 3.05) is 5.73 Å². The van der Waals surface area contributed by atoms with Crippen LogP contribution in [-0.2, 0) is 0 Å². The first-order valence-electron chi connectivity index (χ1n) is 5.61. The minimum Gasteiger partial charge on any atom is -0.478 e. The monoisotopic (exact) mass is 270 g/mol. The van der Waals surface area contributed by atoms with E-state index in [-0.39, 0.29) is 5.56 Å². The quantitative estimate of drug-likeness (QED) is 0.749. The number of carbonyl (C=O) groups is 1. The SMILES string of the molecule is Nc1csc2ncc(-c3cccc(C(=O)O)c3)cc12. The van der Waals surface area contributed by atoms with E-state index >= 15 is 0 Å². The molecule has 0 aliphatic rings. The van der Waals surface area contributed by atoms with E-state index in [0.29, 0.717) is 5.69 Å². The van der Waals surface area contributed by atoms with Crippen LogP contribution in [0.4, 0.5) is 5.69 Å². The van der Waals surface area contributed by atoms with Crippen LogP contribution in [-0.4, -0.2) is 16.1 Å². The lowest BCUT2D eigenvalue weighted by molar-refractivity contribution is 0.0697. The number of aromatic nitrogens is 1. The maximum atomic E-state index is 11.0. The summed E-state index contributed by atoms with van der Waals surface area (Å²) in [7, 11) is 0. The summed E-state index contributed by atoms with van der Waals surface area (Å²) in [4.78, 5) is 16.2. The Balaban J connectivity index is 2.15. The van der Waals surface area contributed by atoms with Crippen molar-refractivity contribution in [3.05, 3.63) is 47.5 Å². The van der Waals surface area contributed by atoms with Crippen molar-refractivity contribution < 1.29 is 9.90 Å². The summed E-state index contributed by atoms with van der Waals surface area (Å²) in [6, 6.07) is 8.72. The van der Waals surface area contributed by atoms with Crippen LogP contribution in [0.1, 0.15) is 10.4 Å². The van der Waals surface area contributed by atoms with Crippen molar-refractivity contribution in [2.24, 2.45) is 0 Å². The van der Waals surface area contributed by atoms with E-state index < -0.39 is 5.97 Å². The van der Waals surface area contributed by atoms with Gasteiger partial charge in [0.2, 0.25) is 0 Å². The predicted molar refractivity (Wildman–Crippen MR) is 76.4 cm³/mol. The van der Waals surface area contributed by atoms with Gasteiger partial charge in [0.15, 0.2) is 0 Å². The van der Waals surface area contributed by atoms with Gasteiger partial charge < -0.3 is 10.8 Å². The van der Waals surface area contributed by atoms with Crippen LogP contribution in [0.3, 0.4) is 0 Å². The number of hydrogen-bond acceptors (Lipinski definition) is 4. The summed E-state index contributed by atoms with van der Waals surface area (Å²) in [5, 5.41) is 11.8. The van der Waals surface area contributed by atoms with E-state index in [2.05, 4.69) is 4.98 Å². The lowest BCUT2D eigenvalue weighted by Crippen LogP contribution is -1.95. The van der Waals surface area contributed by atoms with Crippen LogP contribution in [0.2, 0.25) is 0 Å². The van der Waals surface area contributed by atoms with Gasteiger partial charge in [-0.15, -0.1) is 11.3 Å². The number of nitrogens with two attached hydrogens (primary N) is 1. The maximum absolute atomic E-state index is 11.0. The third kappa shape index (κ3) is 2.04. The molecule has 0 aliphatic carbocycles. The zero-order valence-electron chi connectivity index (χ0n) is 9.83. The lowest BCUT2D eigenvalue weighted by Gasteiger charge is -2.03. The van der Waals surface area contributed by atoms with Crippen LogP contribution in [0.25, 0.3) is 21.3 Å². The van der Waals surface area contributed by atoms with E-state index in [9.17, 15) is 4.79 Å². The molecule has 3 aromatic rings. The Kier molecular flexibility index (Phi) is 2.68. The number of pyridine rings is 1. The summed E-state index contributed by atoms with van der Waals surface area (Å²) in [6.45, 7) is 0. The Morgan fingerprint density at radius 1 is 1.26 bits per heavy atom. The molecule has 5 heteroatoms. The Morgan fingerprint density at radius 2 is 2.11 bits per heavy atom. The molecule has 0 radical (unpaired) electrons. The second-order valence-electron chi connectivity index (χ2n) is 4.15. The van der Waals surface area contributed by atoms with Crippen LogP contribution >= 0.6 is 11.3 Å². The Morgan fingerprint density at radius 3 is 2.89 bits per heavy atom. The van der Waals surface area contributed by atoms with Crippen molar-refractivity contribution in [3.63, 3.8) is 0 Å². The Labute approximate surface area is 113 Å². The zero-order chi connectivity index (χ0) is 13.4. The number of carboxylic acids is 1. The Bertz CT molecular complexity index is 780. The molecular formula is C14H10N2O2S. The molecule has 0 amide bonds. The number of carboxylic acid groups (broad SMARTS) is 1. The second-order valence-corrected chi connectivity index (χ2v) is 5.01. The van der Waals surface area contributed by atoms with Gasteiger partial charge in [0.25, 0.3) is 0 Å². The van der Waals surface area contributed by atoms with Gasteiger partial charge in [-0.05, 0) is 23.8 Å². The van der Waals surface area contributed by atoms with Gasteiger partial charge in [-0.3, -0.25) is 0 Å². The Hall–Kier alpha value is -2.40. The summed E-state index contributed by atoms with van der Waals surface area (Å²) < 4.78 is 0. The summed E-state index contributed by atoms with van der Waals surface area (Å²) in [6.07, 6.45) is 1.74. The van der Waals surface area contributed by atoms with Gasteiger partial charge in [0, 0.05) is 22.5 Å². The minimum atomic E-state index is -0.939. The van der Waals surface area contributed by atoms with Gasteiger partial charge in [-0.1, -0.05) is 12.1 Å². The molecule has 2 heterocycles. The van der Waals surface area contributed by atoms with E-state index in [4.69, 9.17) is 10.8 Å². The fourth-order valence-electron chi connectivity index (χ4n) is 1.93. The first-order chi connectivity index (χ1) is 9.15. The minimum absolute atomic E-state index is 0.260. The number of anilines is 1. The van der Waals surface area contributed by atoms with Crippen LogP contribution in [0.15, 0.2) is 41.9 Å². The molecule has 0 aliphatic heterocycles. The summed E-state index contributed by atoms with van der Waals surface area (Å²) in [5.41, 5.74) is 8.52. The molecule has 0 unspecified atom stereocenters. The van der Waals surface area contributed by atoms with Crippen molar-refractivity contribution in [1.29, 1.82) is 0 Å². The second kappa shape index (κ2) is 4.37. The largest absolute Gasteiger partial charge is 0.478 e. The van der Waals surface area contributed by atoms with Gasteiger partial charge >= 0.3 is 5.97 Å². The molecule has 0 saturated carbocycles. The molecule has 0 fully saturated rings. The van der Waals surface area contributed by atoms with Crippen molar-refractivity contribution in [2.45, 2.75) is 0 Å². The summed E-state index contributed by atoms with van der Waals surface area (Å²) in [5.74, 6) is -0.939. The normalized spacial score (nSPS) is 10.7. The predicted octanol–water partition coefficient (Wildman–Crippen LogP) is 3.24. The molecule has 0 atom stereocenters. The number of hydrogen-bond donors (Lipinski definition) is 2. The molecule has 3 rings (SSSR count). The first-order valence-corrected chi connectivity index (χ1v) is 6.49. The summed E-state index contributed by atoms with van der Waals surface area (Å²) >= 11 is 1.50. The van der Waals surface area contributed by atoms with E-state index in [0.717, 1.165) is 21.3 Å². The molecule has 0 saturated heterocycles. The highest BCUT2D eigenvalue weighted by Gasteiger charge is 2.08. The maximum Gasteiger partial charge on any atom is 0.335 e. The average molecular weight is 270 g/mol. The van der Waals surface area contributed by atoms with Gasteiger partial charge in [-0.25, -0.2) is 9.78 Å². The van der Waals surface area contributed by atoms with Crippen LogP contribution in [0.5, 0.6) is 0 Å². The molecule has 4 nitrogen and oxygen atoms in total. The van der Waals surface area contributed by atoms with Crippen molar-refractivity contribution >= 4 is 33.2 Å². The number of nitrogens with zero attached hydrogens (tertiary/aromatic N) is 1. The highest BCUT2D eigenvalue weighted by molar-refractivity contribution is 7.17. The number of benzene rings is 1.